The number of aryl methyl sites for hydroxylation is 1. The number of benzene rings is 1. The van der Waals surface area contributed by atoms with Crippen molar-refractivity contribution in [3.63, 3.8) is 0 Å². The van der Waals surface area contributed by atoms with Crippen LogP contribution in [0.4, 0.5) is 0 Å². The quantitative estimate of drug-likeness (QED) is 0.767. The summed E-state index contributed by atoms with van der Waals surface area (Å²) in [5.41, 5.74) is 2.53. The standard InChI is InChI=1S/C16H25NO2/c1-13-7-8-16(19-15-5-3-4-6-15)14(11-13)12-17-9-10-18-2/h7-8,11,15,17H,3-6,9-10,12H2,1-2H3. The van der Waals surface area contributed by atoms with Gasteiger partial charge in [-0.05, 0) is 38.7 Å². The molecule has 3 heteroatoms. The van der Waals surface area contributed by atoms with Gasteiger partial charge in [0.25, 0.3) is 0 Å². The highest BCUT2D eigenvalue weighted by molar-refractivity contribution is 5.37. The minimum atomic E-state index is 0.417. The van der Waals surface area contributed by atoms with Crippen LogP contribution in [0.2, 0.25) is 0 Å². The van der Waals surface area contributed by atoms with E-state index >= 15 is 0 Å². The first-order valence-electron chi connectivity index (χ1n) is 7.25. The van der Waals surface area contributed by atoms with E-state index < -0.39 is 0 Å². The van der Waals surface area contributed by atoms with Crippen molar-refractivity contribution in [3.8, 4) is 5.75 Å². The molecule has 0 aliphatic heterocycles. The van der Waals surface area contributed by atoms with Crippen molar-refractivity contribution in [2.75, 3.05) is 20.3 Å². The van der Waals surface area contributed by atoms with Crippen LogP contribution >= 0.6 is 0 Å². The molecule has 2 rings (SSSR count). The van der Waals surface area contributed by atoms with E-state index in [-0.39, 0.29) is 0 Å². The number of methoxy groups -OCH3 is 1. The Labute approximate surface area is 116 Å². The fraction of sp³-hybridized carbons (Fsp3) is 0.625. The SMILES string of the molecule is COCCNCc1cc(C)ccc1OC1CCCC1. The lowest BCUT2D eigenvalue weighted by Gasteiger charge is -2.17. The van der Waals surface area contributed by atoms with Crippen LogP contribution in [-0.4, -0.2) is 26.4 Å². The highest BCUT2D eigenvalue weighted by Gasteiger charge is 2.17. The molecule has 0 spiro atoms. The Morgan fingerprint density at radius 2 is 2.05 bits per heavy atom. The molecule has 0 heterocycles. The molecule has 1 aromatic rings. The molecule has 0 unspecified atom stereocenters. The molecule has 0 bridgehead atoms. The van der Waals surface area contributed by atoms with Crippen LogP contribution < -0.4 is 10.1 Å². The maximum Gasteiger partial charge on any atom is 0.124 e. The average molecular weight is 263 g/mol. The van der Waals surface area contributed by atoms with E-state index in [1.807, 2.05) is 0 Å². The van der Waals surface area contributed by atoms with E-state index in [1.54, 1.807) is 7.11 Å². The number of hydrogen-bond donors (Lipinski definition) is 1. The molecule has 106 valence electrons. The van der Waals surface area contributed by atoms with Crippen LogP contribution in [-0.2, 0) is 11.3 Å². The van der Waals surface area contributed by atoms with Crippen molar-refractivity contribution in [2.45, 2.75) is 45.3 Å². The van der Waals surface area contributed by atoms with Crippen LogP contribution in [0, 0.1) is 6.92 Å². The third kappa shape index (κ3) is 4.51. The van der Waals surface area contributed by atoms with Gasteiger partial charge < -0.3 is 14.8 Å². The molecule has 1 aliphatic carbocycles. The Morgan fingerprint density at radius 3 is 2.79 bits per heavy atom. The minimum absolute atomic E-state index is 0.417. The van der Waals surface area contributed by atoms with Crippen LogP contribution in [0.3, 0.4) is 0 Å². The molecule has 1 aliphatic rings. The molecule has 1 N–H and O–H groups in total. The van der Waals surface area contributed by atoms with E-state index in [0.29, 0.717) is 6.10 Å². The van der Waals surface area contributed by atoms with Gasteiger partial charge >= 0.3 is 0 Å². The average Bonchev–Trinajstić information content (AvgIpc) is 2.90. The fourth-order valence-electron chi connectivity index (χ4n) is 2.54. The molecular weight excluding hydrogens is 238 g/mol. The summed E-state index contributed by atoms with van der Waals surface area (Å²) in [6.45, 7) is 4.57. The zero-order valence-corrected chi connectivity index (χ0v) is 12.1. The summed E-state index contributed by atoms with van der Waals surface area (Å²) in [7, 11) is 1.73. The van der Waals surface area contributed by atoms with Crippen molar-refractivity contribution in [2.24, 2.45) is 0 Å². The molecule has 0 atom stereocenters. The molecule has 19 heavy (non-hydrogen) atoms. The zero-order valence-electron chi connectivity index (χ0n) is 12.1. The topological polar surface area (TPSA) is 30.5 Å². The van der Waals surface area contributed by atoms with Gasteiger partial charge in [-0.25, -0.2) is 0 Å². The van der Waals surface area contributed by atoms with Crippen LogP contribution in [0.1, 0.15) is 36.8 Å². The van der Waals surface area contributed by atoms with Gasteiger partial charge in [-0.2, -0.15) is 0 Å². The maximum atomic E-state index is 6.15. The normalized spacial score (nSPS) is 15.9. The van der Waals surface area contributed by atoms with E-state index in [2.05, 4.69) is 30.4 Å². The second kappa shape index (κ2) is 7.51. The number of hydrogen-bond acceptors (Lipinski definition) is 3. The van der Waals surface area contributed by atoms with Crippen molar-refractivity contribution < 1.29 is 9.47 Å². The minimum Gasteiger partial charge on any atom is -0.490 e. The number of nitrogens with one attached hydrogen (secondary N) is 1. The maximum absolute atomic E-state index is 6.15. The van der Waals surface area contributed by atoms with Gasteiger partial charge in [0.1, 0.15) is 5.75 Å². The van der Waals surface area contributed by atoms with Crippen molar-refractivity contribution in [3.05, 3.63) is 29.3 Å². The zero-order chi connectivity index (χ0) is 13.5. The third-order valence-corrected chi connectivity index (χ3v) is 3.61. The van der Waals surface area contributed by atoms with Crippen LogP contribution in [0.25, 0.3) is 0 Å². The number of rotatable bonds is 7. The predicted octanol–water partition coefficient (Wildman–Crippen LogP) is 3.05. The Kier molecular flexibility index (Phi) is 5.67. The monoisotopic (exact) mass is 263 g/mol. The summed E-state index contributed by atoms with van der Waals surface area (Å²) in [6.07, 6.45) is 5.42. The molecule has 1 aromatic carbocycles. The van der Waals surface area contributed by atoms with E-state index in [9.17, 15) is 0 Å². The van der Waals surface area contributed by atoms with Gasteiger partial charge in [-0.3, -0.25) is 0 Å². The highest BCUT2D eigenvalue weighted by atomic mass is 16.5. The van der Waals surface area contributed by atoms with E-state index in [4.69, 9.17) is 9.47 Å². The van der Waals surface area contributed by atoms with Crippen LogP contribution in [0.15, 0.2) is 18.2 Å². The summed E-state index contributed by atoms with van der Waals surface area (Å²) in [6, 6.07) is 6.45. The Morgan fingerprint density at radius 1 is 1.26 bits per heavy atom. The molecule has 0 amide bonds. The van der Waals surface area contributed by atoms with Gasteiger partial charge in [0.15, 0.2) is 0 Å². The molecule has 0 aromatic heterocycles. The molecular formula is C16H25NO2. The van der Waals surface area contributed by atoms with Gasteiger partial charge in [-0.15, -0.1) is 0 Å². The first-order chi connectivity index (χ1) is 9.29. The summed E-state index contributed by atoms with van der Waals surface area (Å²) in [5.74, 6) is 1.04. The van der Waals surface area contributed by atoms with Gasteiger partial charge in [0.05, 0.1) is 12.7 Å². The molecule has 3 nitrogen and oxygen atoms in total. The van der Waals surface area contributed by atoms with Crippen molar-refractivity contribution in [1.82, 2.24) is 5.32 Å². The summed E-state index contributed by atoms with van der Waals surface area (Å²) < 4.78 is 11.2. The summed E-state index contributed by atoms with van der Waals surface area (Å²) in [4.78, 5) is 0. The van der Waals surface area contributed by atoms with E-state index in [1.165, 1.54) is 36.8 Å². The lowest BCUT2D eigenvalue weighted by atomic mass is 10.1. The fourth-order valence-corrected chi connectivity index (χ4v) is 2.54. The predicted molar refractivity (Wildman–Crippen MR) is 77.6 cm³/mol. The molecule has 0 saturated heterocycles. The third-order valence-electron chi connectivity index (χ3n) is 3.61. The molecule has 1 saturated carbocycles. The van der Waals surface area contributed by atoms with Crippen LogP contribution in [0.5, 0.6) is 5.75 Å². The first-order valence-corrected chi connectivity index (χ1v) is 7.25. The van der Waals surface area contributed by atoms with Crippen molar-refractivity contribution in [1.29, 1.82) is 0 Å². The first kappa shape index (κ1) is 14.4. The molecule has 0 radical (unpaired) electrons. The largest absolute Gasteiger partial charge is 0.490 e. The Balaban J connectivity index is 1.95. The highest BCUT2D eigenvalue weighted by Crippen LogP contribution is 2.27. The smallest absolute Gasteiger partial charge is 0.124 e. The molecule has 1 fully saturated rings. The van der Waals surface area contributed by atoms with Gasteiger partial charge in [0, 0.05) is 25.8 Å². The second-order valence-electron chi connectivity index (χ2n) is 5.31. The van der Waals surface area contributed by atoms with Gasteiger partial charge in [0.2, 0.25) is 0 Å². The Bertz CT molecular complexity index is 386. The lowest BCUT2D eigenvalue weighted by molar-refractivity contribution is 0.197. The number of ether oxygens (including phenoxy) is 2. The summed E-state index contributed by atoms with van der Waals surface area (Å²) in [5, 5.41) is 3.39. The Hall–Kier alpha value is -1.06. The lowest BCUT2D eigenvalue weighted by Crippen LogP contribution is -2.20. The van der Waals surface area contributed by atoms with Gasteiger partial charge in [-0.1, -0.05) is 17.7 Å². The van der Waals surface area contributed by atoms with E-state index in [0.717, 1.165) is 25.4 Å². The summed E-state index contributed by atoms with van der Waals surface area (Å²) >= 11 is 0. The van der Waals surface area contributed by atoms with Crippen molar-refractivity contribution >= 4 is 0 Å². The second-order valence-corrected chi connectivity index (χ2v) is 5.31.